The molecular formula is C18H21ClN2O2. The van der Waals surface area contributed by atoms with Crippen LogP contribution in [0.15, 0.2) is 48.5 Å². The minimum Gasteiger partial charge on any atom is -0.497 e. The first-order valence-corrected chi connectivity index (χ1v) is 7.78. The fourth-order valence-electron chi connectivity index (χ4n) is 2.26. The standard InChI is InChI=1S/C18H21ClN2O2/c1-21(12-15-7-3-4-9-17(15)19)13-18(22)20-11-14-6-5-8-16(10-14)23-2/h3-10H,11-13H2,1-2H3,(H,20,22). The summed E-state index contributed by atoms with van der Waals surface area (Å²) in [5.41, 5.74) is 2.02. The molecule has 0 spiro atoms. The molecule has 5 heteroatoms. The number of hydrogen-bond donors (Lipinski definition) is 1. The van der Waals surface area contributed by atoms with E-state index in [9.17, 15) is 4.79 Å². The quantitative estimate of drug-likeness (QED) is 0.847. The smallest absolute Gasteiger partial charge is 0.234 e. The van der Waals surface area contributed by atoms with E-state index in [0.29, 0.717) is 19.6 Å². The highest BCUT2D eigenvalue weighted by atomic mass is 35.5. The predicted molar refractivity (Wildman–Crippen MR) is 92.6 cm³/mol. The van der Waals surface area contributed by atoms with Crippen molar-refractivity contribution in [1.82, 2.24) is 10.2 Å². The molecular weight excluding hydrogens is 312 g/mol. The van der Waals surface area contributed by atoms with Gasteiger partial charge in [0.1, 0.15) is 5.75 Å². The van der Waals surface area contributed by atoms with Crippen LogP contribution in [-0.2, 0) is 17.9 Å². The molecule has 0 aromatic heterocycles. The summed E-state index contributed by atoms with van der Waals surface area (Å²) in [5, 5.41) is 3.63. The van der Waals surface area contributed by atoms with Crippen LogP contribution < -0.4 is 10.1 Å². The molecule has 1 N–H and O–H groups in total. The van der Waals surface area contributed by atoms with Crippen LogP contribution in [0.4, 0.5) is 0 Å². The Morgan fingerprint density at radius 3 is 2.74 bits per heavy atom. The van der Waals surface area contributed by atoms with Crippen LogP contribution in [0, 0.1) is 0 Å². The molecule has 0 heterocycles. The summed E-state index contributed by atoms with van der Waals surface area (Å²) in [6.07, 6.45) is 0. The van der Waals surface area contributed by atoms with Gasteiger partial charge in [-0.2, -0.15) is 0 Å². The van der Waals surface area contributed by atoms with Crippen molar-refractivity contribution in [2.24, 2.45) is 0 Å². The van der Waals surface area contributed by atoms with E-state index in [1.165, 1.54) is 0 Å². The summed E-state index contributed by atoms with van der Waals surface area (Å²) >= 11 is 6.14. The summed E-state index contributed by atoms with van der Waals surface area (Å²) < 4.78 is 5.17. The van der Waals surface area contributed by atoms with E-state index in [-0.39, 0.29) is 5.91 Å². The van der Waals surface area contributed by atoms with E-state index in [0.717, 1.165) is 21.9 Å². The Kier molecular flexibility index (Phi) is 6.44. The maximum absolute atomic E-state index is 12.0. The van der Waals surface area contributed by atoms with Crippen molar-refractivity contribution in [3.63, 3.8) is 0 Å². The summed E-state index contributed by atoms with van der Waals surface area (Å²) in [7, 11) is 3.52. The number of carbonyl (C=O) groups excluding carboxylic acids is 1. The zero-order valence-electron chi connectivity index (χ0n) is 13.4. The molecule has 0 saturated carbocycles. The summed E-state index contributed by atoms with van der Waals surface area (Å²) in [6.45, 7) is 1.43. The maximum Gasteiger partial charge on any atom is 0.234 e. The molecule has 2 aromatic rings. The van der Waals surface area contributed by atoms with Crippen LogP contribution in [0.25, 0.3) is 0 Å². The van der Waals surface area contributed by atoms with Crippen LogP contribution in [0.1, 0.15) is 11.1 Å². The van der Waals surface area contributed by atoms with Gasteiger partial charge in [-0.3, -0.25) is 9.69 Å². The third-order valence-corrected chi connectivity index (χ3v) is 3.80. The van der Waals surface area contributed by atoms with Crippen LogP contribution >= 0.6 is 11.6 Å². The highest BCUT2D eigenvalue weighted by Crippen LogP contribution is 2.16. The fraction of sp³-hybridized carbons (Fsp3) is 0.278. The minimum atomic E-state index is -0.0256. The Bertz CT molecular complexity index is 661. The number of nitrogens with one attached hydrogen (secondary N) is 1. The topological polar surface area (TPSA) is 41.6 Å². The van der Waals surface area contributed by atoms with Gasteiger partial charge in [0.15, 0.2) is 0 Å². The molecule has 4 nitrogen and oxygen atoms in total. The molecule has 0 aliphatic carbocycles. The highest BCUT2D eigenvalue weighted by Gasteiger charge is 2.09. The van der Waals surface area contributed by atoms with Crippen LogP contribution in [0.3, 0.4) is 0 Å². The number of halogens is 1. The lowest BCUT2D eigenvalue weighted by molar-refractivity contribution is -0.122. The summed E-state index contributed by atoms with van der Waals surface area (Å²) in [6, 6.07) is 15.3. The minimum absolute atomic E-state index is 0.0256. The number of methoxy groups -OCH3 is 1. The number of ether oxygens (including phenoxy) is 1. The van der Waals surface area contributed by atoms with Crippen molar-refractivity contribution in [3.05, 3.63) is 64.7 Å². The van der Waals surface area contributed by atoms with Gasteiger partial charge in [0.05, 0.1) is 13.7 Å². The normalized spacial score (nSPS) is 10.6. The lowest BCUT2D eigenvalue weighted by Crippen LogP contribution is -2.34. The zero-order valence-corrected chi connectivity index (χ0v) is 14.1. The molecule has 2 aromatic carbocycles. The van der Waals surface area contributed by atoms with Gasteiger partial charge < -0.3 is 10.1 Å². The van der Waals surface area contributed by atoms with Gasteiger partial charge in [0, 0.05) is 18.1 Å². The SMILES string of the molecule is COc1cccc(CNC(=O)CN(C)Cc2ccccc2Cl)c1. The lowest BCUT2D eigenvalue weighted by atomic mass is 10.2. The van der Waals surface area contributed by atoms with E-state index in [1.807, 2.05) is 60.5 Å². The third-order valence-electron chi connectivity index (χ3n) is 3.44. The Balaban J connectivity index is 1.81. The van der Waals surface area contributed by atoms with E-state index in [1.54, 1.807) is 7.11 Å². The molecule has 1 amide bonds. The first kappa shape index (κ1) is 17.3. The molecule has 0 aliphatic heterocycles. The molecule has 0 aliphatic rings. The molecule has 0 bridgehead atoms. The lowest BCUT2D eigenvalue weighted by Gasteiger charge is -2.17. The van der Waals surface area contributed by atoms with Crippen molar-refractivity contribution in [3.8, 4) is 5.75 Å². The molecule has 0 saturated heterocycles. The van der Waals surface area contributed by atoms with Gasteiger partial charge in [-0.05, 0) is 36.4 Å². The maximum atomic E-state index is 12.0. The average Bonchev–Trinajstić information content (AvgIpc) is 2.55. The number of rotatable bonds is 7. The largest absolute Gasteiger partial charge is 0.497 e. The molecule has 0 atom stereocenters. The molecule has 2 rings (SSSR count). The Hall–Kier alpha value is -2.04. The van der Waals surface area contributed by atoms with Gasteiger partial charge in [-0.25, -0.2) is 0 Å². The van der Waals surface area contributed by atoms with E-state index >= 15 is 0 Å². The van der Waals surface area contributed by atoms with E-state index < -0.39 is 0 Å². The number of carbonyl (C=O) groups is 1. The molecule has 0 fully saturated rings. The molecule has 0 radical (unpaired) electrons. The number of benzene rings is 2. The number of nitrogens with zero attached hydrogens (tertiary/aromatic N) is 1. The van der Waals surface area contributed by atoms with Gasteiger partial charge in [0.2, 0.25) is 5.91 Å². The van der Waals surface area contributed by atoms with Gasteiger partial charge in [0.25, 0.3) is 0 Å². The van der Waals surface area contributed by atoms with E-state index in [4.69, 9.17) is 16.3 Å². The summed E-state index contributed by atoms with van der Waals surface area (Å²) in [5.74, 6) is 0.759. The average molecular weight is 333 g/mol. The summed E-state index contributed by atoms with van der Waals surface area (Å²) in [4.78, 5) is 14.0. The van der Waals surface area contributed by atoms with Crippen molar-refractivity contribution < 1.29 is 9.53 Å². The monoisotopic (exact) mass is 332 g/mol. The van der Waals surface area contributed by atoms with Gasteiger partial charge >= 0.3 is 0 Å². The Labute approximate surface area is 142 Å². The van der Waals surface area contributed by atoms with Gasteiger partial charge in [-0.15, -0.1) is 0 Å². The second-order valence-electron chi connectivity index (χ2n) is 5.39. The van der Waals surface area contributed by atoms with Crippen molar-refractivity contribution >= 4 is 17.5 Å². The highest BCUT2D eigenvalue weighted by molar-refractivity contribution is 6.31. The number of hydrogen-bond acceptors (Lipinski definition) is 3. The first-order valence-electron chi connectivity index (χ1n) is 7.40. The van der Waals surface area contributed by atoms with Crippen molar-refractivity contribution in [2.45, 2.75) is 13.1 Å². The molecule has 23 heavy (non-hydrogen) atoms. The number of amides is 1. The fourth-order valence-corrected chi connectivity index (χ4v) is 2.45. The molecule has 0 unspecified atom stereocenters. The Morgan fingerprint density at radius 2 is 2.00 bits per heavy atom. The van der Waals surface area contributed by atoms with E-state index in [2.05, 4.69) is 5.32 Å². The van der Waals surface area contributed by atoms with Crippen molar-refractivity contribution in [2.75, 3.05) is 20.7 Å². The third kappa shape index (κ3) is 5.58. The zero-order chi connectivity index (χ0) is 16.7. The second kappa shape index (κ2) is 8.56. The van der Waals surface area contributed by atoms with Crippen LogP contribution in [-0.4, -0.2) is 31.5 Å². The second-order valence-corrected chi connectivity index (χ2v) is 5.80. The number of likely N-dealkylation sites (N-methyl/N-ethyl adjacent to an activating group) is 1. The first-order chi connectivity index (χ1) is 11.1. The van der Waals surface area contributed by atoms with Crippen molar-refractivity contribution in [1.29, 1.82) is 0 Å². The van der Waals surface area contributed by atoms with Crippen LogP contribution in [0.5, 0.6) is 5.75 Å². The molecule has 122 valence electrons. The Morgan fingerprint density at radius 1 is 1.22 bits per heavy atom. The predicted octanol–water partition coefficient (Wildman–Crippen LogP) is 3.10. The van der Waals surface area contributed by atoms with Crippen LogP contribution in [0.2, 0.25) is 5.02 Å². The van der Waals surface area contributed by atoms with Gasteiger partial charge in [-0.1, -0.05) is 41.9 Å².